The second-order valence-electron chi connectivity index (χ2n) is 6.28. The summed E-state index contributed by atoms with van der Waals surface area (Å²) in [5, 5.41) is 8.48. The quantitative estimate of drug-likeness (QED) is 0.736. The van der Waals surface area contributed by atoms with Crippen LogP contribution in [0.3, 0.4) is 0 Å². The van der Waals surface area contributed by atoms with Crippen molar-refractivity contribution in [2.45, 2.75) is 38.6 Å². The molecule has 19 heavy (non-hydrogen) atoms. The van der Waals surface area contributed by atoms with Crippen LogP contribution >= 0.6 is 0 Å². The molecule has 0 heterocycles. The summed E-state index contributed by atoms with van der Waals surface area (Å²) in [6.45, 7) is 8.68. The Morgan fingerprint density at radius 3 is 2.11 bits per heavy atom. The molecule has 2 rings (SSSR count). The van der Waals surface area contributed by atoms with Crippen LogP contribution in [0.5, 0.6) is 0 Å². The van der Waals surface area contributed by atoms with E-state index in [2.05, 4.69) is 33.0 Å². The van der Waals surface area contributed by atoms with Crippen LogP contribution in [0.2, 0.25) is 0 Å². The van der Waals surface area contributed by atoms with Crippen LogP contribution in [-0.2, 0) is 10.0 Å². The molecular weight excluding hydrogens is 262 g/mol. The number of hydrogen-bond acceptors (Lipinski definition) is 4. The van der Waals surface area contributed by atoms with Crippen LogP contribution in [0, 0.1) is 10.8 Å². The average molecular weight is 283 g/mol. The maximum Gasteiger partial charge on any atom is 0.240 e. The predicted molar refractivity (Wildman–Crippen MR) is 77.2 cm³/mol. The number of anilines is 2. The highest BCUT2D eigenvalue weighted by Crippen LogP contribution is 2.63. The van der Waals surface area contributed by atoms with Gasteiger partial charge in [0.25, 0.3) is 0 Å². The second kappa shape index (κ2) is 3.86. The number of para-hydroxylation sites is 1. The molecular formula is C13H21N3O2S. The first-order valence-corrected chi connectivity index (χ1v) is 7.72. The number of rotatable bonds is 3. The Balaban J connectivity index is 2.35. The highest BCUT2D eigenvalue weighted by atomic mass is 32.2. The molecule has 0 bridgehead atoms. The molecule has 5 nitrogen and oxygen atoms in total. The van der Waals surface area contributed by atoms with Gasteiger partial charge in [-0.3, -0.25) is 0 Å². The number of sulfonamides is 1. The molecule has 6 heteroatoms. The first kappa shape index (κ1) is 14.1. The molecule has 0 spiro atoms. The minimum atomic E-state index is -3.79. The highest BCUT2D eigenvalue weighted by Gasteiger charge is 2.65. The summed E-state index contributed by atoms with van der Waals surface area (Å²) in [6.07, 6.45) is 0. The van der Waals surface area contributed by atoms with Gasteiger partial charge in [-0.15, -0.1) is 0 Å². The Morgan fingerprint density at radius 1 is 1.16 bits per heavy atom. The van der Waals surface area contributed by atoms with Crippen molar-refractivity contribution in [2.24, 2.45) is 16.0 Å². The highest BCUT2D eigenvalue weighted by molar-refractivity contribution is 7.89. The van der Waals surface area contributed by atoms with Crippen molar-refractivity contribution < 1.29 is 8.42 Å². The summed E-state index contributed by atoms with van der Waals surface area (Å²) in [5.74, 6) is 0. The molecule has 0 aromatic heterocycles. The number of nitrogens with one attached hydrogen (secondary N) is 1. The minimum absolute atomic E-state index is 0.0336. The lowest BCUT2D eigenvalue weighted by atomic mass is 10.0. The monoisotopic (exact) mass is 283 g/mol. The molecule has 106 valence electrons. The smallest absolute Gasteiger partial charge is 0.240 e. The van der Waals surface area contributed by atoms with Gasteiger partial charge in [0.05, 0.1) is 11.4 Å². The Morgan fingerprint density at radius 2 is 1.68 bits per heavy atom. The number of nitrogens with two attached hydrogens (primary N) is 2. The fourth-order valence-electron chi connectivity index (χ4n) is 2.63. The van der Waals surface area contributed by atoms with Gasteiger partial charge in [-0.1, -0.05) is 33.8 Å². The summed E-state index contributed by atoms with van der Waals surface area (Å²) in [4.78, 5) is -0.0336. The van der Waals surface area contributed by atoms with Crippen LogP contribution in [-0.4, -0.2) is 14.5 Å². The largest absolute Gasteiger partial charge is 0.396 e. The summed E-state index contributed by atoms with van der Waals surface area (Å²) in [6, 6.07) is 5.08. The molecule has 0 radical (unpaired) electrons. The van der Waals surface area contributed by atoms with Crippen LogP contribution in [0.25, 0.3) is 0 Å². The Bertz CT molecular complexity index is 607. The molecule has 0 unspecified atom stereocenters. The number of hydrogen-bond donors (Lipinski definition) is 3. The van der Waals surface area contributed by atoms with E-state index in [0.29, 0.717) is 5.69 Å². The lowest BCUT2D eigenvalue weighted by Crippen LogP contribution is -2.17. The molecule has 0 amide bonds. The fourth-order valence-corrected chi connectivity index (χ4v) is 3.32. The van der Waals surface area contributed by atoms with Crippen LogP contribution in [0.15, 0.2) is 23.1 Å². The molecule has 1 fully saturated rings. The summed E-state index contributed by atoms with van der Waals surface area (Å²) in [7, 11) is -3.79. The third-order valence-corrected chi connectivity index (χ3v) is 5.66. The van der Waals surface area contributed by atoms with Crippen LogP contribution < -0.4 is 16.2 Å². The van der Waals surface area contributed by atoms with E-state index in [1.165, 1.54) is 6.07 Å². The maximum atomic E-state index is 11.4. The molecule has 1 aromatic rings. The van der Waals surface area contributed by atoms with E-state index >= 15 is 0 Å². The SMILES string of the molecule is CC1(C)C(Nc2cccc(S(N)(=O)=O)c2N)C1(C)C. The molecule has 1 aromatic carbocycles. The van der Waals surface area contributed by atoms with E-state index in [1.54, 1.807) is 12.1 Å². The van der Waals surface area contributed by atoms with Crippen molar-refractivity contribution in [3.8, 4) is 0 Å². The molecule has 0 atom stereocenters. The van der Waals surface area contributed by atoms with E-state index in [0.717, 1.165) is 0 Å². The zero-order valence-electron chi connectivity index (χ0n) is 11.7. The Kier molecular flexibility index (Phi) is 2.88. The third-order valence-electron chi connectivity index (χ3n) is 4.69. The summed E-state index contributed by atoms with van der Waals surface area (Å²) in [5.41, 5.74) is 6.98. The molecule has 0 saturated heterocycles. The van der Waals surface area contributed by atoms with E-state index in [1.807, 2.05) is 0 Å². The fraction of sp³-hybridized carbons (Fsp3) is 0.538. The number of primary sulfonamides is 1. The van der Waals surface area contributed by atoms with Gasteiger partial charge in [0.1, 0.15) is 4.90 Å². The van der Waals surface area contributed by atoms with Crippen LogP contribution in [0.1, 0.15) is 27.7 Å². The van der Waals surface area contributed by atoms with Gasteiger partial charge in [0, 0.05) is 6.04 Å². The van der Waals surface area contributed by atoms with Gasteiger partial charge in [0.15, 0.2) is 0 Å². The minimum Gasteiger partial charge on any atom is -0.396 e. The van der Waals surface area contributed by atoms with Gasteiger partial charge in [-0.25, -0.2) is 13.6 Å². The van der Waals surface area contributed by atoms with Crippen LogP contribution in [0.4, 0.5) is 11.4 Å². The molecule has 1 saturated carbocycles. The van der Waals surface area contributed by atoms with Gasteiger partial charge < -0.3 is 11.1 Å². The van der Waals surface area contributed by atoms with Crippen molar-refractivity contribution in [1.82, 2.24) is 0 Å². The first-order valence-electron chi connectivity index (χ1n) is 6.17. The van der Waals surface area contributed by atoms with E-state index in [4.69, 9.17) is 10.9 Å². The average Bonchev–Trinajstić information content (AvgIpc) is 2.61. The molecule has 1 aliphatic carbocycles. The maximum absolute atomic E-state index is 11.4. The summed E-state index contributed by atoms with van der Waals surface area (Å²) < 4.78 is 22.9. The van der Waals surface area contributed by atoms with Gasteiger partial charge in [-0.2, -0.15) is 0 Å². The summed E-state index contributed by atoms with van der Waals surface area (Å²) >= 11 is 0. The van der Waals surface area contributed by atoms with Crippen molar-refractivity contribution in [1.29, 1.82) is 0 Å². The van der Waals surface area contributed by atoms with E-state index in [-0.39, 0.29) is 27.5 Å². The zero-order chi connectivity index (χ0) is 14.6. The molecule has 1 aliphatic rings. The Hall–Kier alpha value is -1.27. The lowest BCUT2D eigenvalue weighted by molar-refractivity contribution is 0.457. The van der Waals surface area contributed by atoms with Crippen molar-refractivity contribution in [3.05, 3.63) is 18.2 Å². The van der Waals surface area contributed by atoms with E-state index in [9.17, 15) is 8.42 Å². The second-order valence-corrected chi connectivity index (χ2v) is 7.81. The first-order chi connectivity index (χ1) is 8.49. The zero-order valence-corrected chi connectivity index (χ0v) is 12.5. The topological polar surface area (TPSA) is 98.2 Å². The predicted octanol–water partition coefficient (Wildman–Crippen LogP) is 1.76. The van der Waals surface area contributed by atoms with Gasteiger partial charge >= 0.3 is 0 Å². The van der Waals surface area contributed by atoms with Crippen molar-refractivity contribution in [2.75, 3.05) is 11.1 Å². The normalized spacial score (nSPS) is 21.1. The Labute approximate surface area is 114 Å². The number of nitrogen functional groups attached to an aromatic ring is 1. The van der Waals surface area contributed by atoms with Crippen molar-refractivity contribution in [3.63, 3.8) is 0 Å². The lowest BCUT2D eigenvalue weighted by Gasteiger charge is -2.13. The van der Waals surface area contributed by atoms with Crippen molar-refractivity contribution >= 4 is 21.4 Å². The number of benzene rings is 1. The third kappa shape index (κ3) is 2.08. The van der Waals surface area contributed by atoms with Gasteiger partial charge in [0.2, 0.25) is 10.0 Å². The molecule has 0 aliphatic heterocycles. The van der Waals surface area contributed by atoms with E-state index < -0.39 is 10.0 Å². The molecule has 5 N–H and O–H groups in total. The standard InChI is InChI=1S/C13H21N3O2S/c1-12(2)11(13(12,3)4)16-8-6-5-7-9(10(8)14)19(15,17)18/h5-7,11,16H,14H2,1-4H3,(H2,15,17,18). The van der Waals surface area contributed by atoms with Gasteiger partial charge in [-0.05, 0) is 23.0 Å².